The first-order valence-corrected chi connectivity index (χ1v) is 4.92. The van der Waals surface area contributed by atoms with Gasteiger partial charge in [0.15, 0.2) is 0 Å². The van der Waals surface area contributed by atoms with Crippen LogP contribution >= 0.6 is 0 Å². The summed E-state index contributed by atoms with van der Waals surface area (Å²) in [5.74, 6) is 0.495. The van der Waals surface area contributed by atoms with Crippen molar-refractivity contribution in [3.63, 3.8) is 0 Å². The van der Waals surface area contributed by atoms with Crippen LogP contribution in [0.25, 0.3) is 0 Å². The molecule has 2 rings (SSSR count). The maximum atomic E-state index is 6.00. The van der Waals surface area contributed by atoms with Crippen molar-refractivity contribution in [2.75, 3.05) is 6.54 Å². The Labute approximate surface area is 79.1 Å². The summed E-state index contributed by atoms with van der Waals surface area (Å²) in [6.07, 6.45) is 2.57. The standard InChI is InChI=1S/C11H16N2/c12-11-10(7-4-8-13-11)9-5-2-1-3-6-9/h1-3,5-6,10-11,13H,4,7-8,12H2. The number of benzene rings is 1. The van der Waals surface area contributed by atoms with E-state index in [-0.39, 0.29) is 6.17 Å². The van der Waals surface area contributed by atoms with Crippen molar-refractivity contribution in [1.29, 1.82) is 0 Å². The second kappa shape index (κ2) is 3.90. The van der Waals surface area contributed by atoms with Gasteiger partial charge in [-0.25, -0.2) is 0 Å². The van der Waals surface area contributed by atoms with Crippen molar-refractivity contribution in [2.45, 2.75) is 24.9 Å². The number of rotatable bonds is 1. The summed E-state index contributed by atoms with van der Waals surface area (Å²) in [6.45, 7) is 1.06. The Balaban J connectivity index is 2.15. The van der Waals surface area contributed by atoms with Crippen LogP contribution in [0.1, 0.15) is 24.3 Å². The summed E-state index contributed by atoms with van der Waals surface area (Å²) >= 11 is 0. The molecule has 1 aliphatic rings. The molecule has 3 N–H and O–H groups in total. The van der Waals surface area contributed by atoms with Gasteiger partial charge in [0.2, 0.25) is 0 Å². The van der Waals surface area contributed by atoms with Crippen LogP contribution in [0.4, 0.5) is 0 Å². The molecule has 1 heterocycles. The minimum absolute atomic E-state index is 0.135. The second-order valence-electron chi connectivity index (χ2n) is 3.64. The third-order valence-corrected chi connectivity index (χ3v) is 2.73. The van der Waals surface area contributed by atoms with E-state index in [2.05, 4.69) is 29.6 Å². The van der Waals surface area contributed by atoms with Crippen LogP contribution in [0.3, 0.4) is 0 Å². The molecule has 2 nitrogen and oxygen atoms in total. The summed E-state index contributed by atoms with van der Waals surface area (Å²) in [4.78, 5) is 0. The van der Waals surface area contributed by atoms with Gasteiger partial charge >= 0.3 is 0 Å². The highest BCUT2D eigenvalue weighted by Gasteiger charge is 2.22. The molecule has 1 aliphatic heterocycles. The van der Waals surface area contributed by atoms with Gasteiger partial charge in [-0.15, -0.1) is 0 Å². The molecule has 0 spiro atoms. The van der Waals surface area contributed by atoms with E-state index in [9.17, 15) is 0 Å². The highest BCUT2D eigenvalue weighted by molar-refractivity contribution is 5.21. The average molecular weight is 176 g/mol. The molecule has 0 bridgehead atoms. The van der Waals surface area contributed by atoms with Crippen molar-refractivity contribution < 1.29 is 0 Å². The molecule has 0 aromatic heterocycles. The minimum Gasteiger partial charge on any atom is -0.315 e. The summed E-state index contributed by atoms with van der Waals surface area (Å²) in [5.41, 5.74) is 7.36. The number of hydrogen-bond acceptors (Lipinski definition) is 2. The SMILES string of the molecule is NC1NCCCC1c1ccccc1. The number of nitrogens with two attached hydrogens (primary N) is 1. The van der Waals surface area contributed by atoms with Crippen molar-refractivity contribution in [2.24, 2.45) is 5.73 Å². The van der Waals surface area contributed by atoms with Crippen LogP contribution in [0.15, 0.2) is 30.3 Å². The highest BCUT2D eigenvalue weighted by atomic mass is 15.0. The van der Waals surface area contributed by atoms with Crippen LogP contribution < -0.4 is 11.1 Å². The molecule has 1 aromatic carbocycles. The summed E-state index contributed by atoms with van der Waals surface area (Å²) in [5, 5.41) is 3.31. The predicted octanol–water partition coefficient (Wildman–Crippen LogP) is 1.44. The first-order valence-electron chi connectivity index (χ1n) is 4.92. The van der Waals surface area contributed by atoms with Crippen molar-refractivity contribution >= 4 is 0 Å². The maximum Gasteiger partial charge on any atom is 0.0616 e. The molecule has 0 aliphatic carbocycles. The van der Waals surface area contributed by atoms with Gasteiger partial charge in [0, 0.05) is 5.92 Å². The van der Waals surface area contributed by atoms with Crippen LogP contribution in [0, 0.1) is 0 Å². The highest BCUT2D eigenvalue weighted by Crippen LogP contribution is 2.25. The molecular formula is C11H16N2. The number of nitrogens with one attached hydrogen (secondary N) is 1. The van der Waals surface area contributed by atoms with Gasteiger partial charge in [-0.2, -0.15) is 0 Å². The van der Waals surface area contributed by atoms with Gasteiger partial charge in [0.25, 0.3) is 0 Å². The van der Waals surface area contributed by atoms with E-state index in [1.165, 1.54) is 18.4 Å². The molecule has 13 heavy (non-hydrogen) atoms. The van der Waals surface area contributed by atoms with Gasteiger partial charge < -0.3 is 11.1 Å². The lowest BCUT2D eigenvalue weighted by molar-refractivity contribution is 0.358. The summed E-state index contributed by atoms with van der Waals surface area (Å²) in [7, 11) is 0. The lowest BCUT2D eigenvalue weighted by Crippen LogP contribution is -2.46. The lowest BCUT2D eigenvalue weighted by atomic mass is 9.89. The topological polar surface area (TPSA) is 38.0 Å². The van der Waals surface area contributed by atoms with E-state index < -0.39 is 0 Å². The summed E-state index contributed by atoms with van der Waals surface area (Å²) < 4.78 is 0. The van der Waals surface area contributed by atoms with Gasteiger partial charge in [-0.1, -0.05) is 30.3 Å². The molecule has 1 fully saturated rings. The third kappa shape index (κ3) is 1.90. The molecule has 2 atom stereocenters. The Kier molecular flexibility index (Phi) is 2.62. The Hall–Kier alpha value is -0.860. The van der Waals surface area contributed by atoms with E-state index in [1.54, 1.807) is 0 Å². The van der Waals surface area contributed by atoms with Gasteiger partial charge in [0.05, 0.1) is 6.17 Å². The van der Waals surface area contributed by atoms with Gasteiger partial charge in [-0.05, 0) is 24.9 Å². The zero-order valence-corrected chi connectivity index (χ0v) is 7.74. The Morgan fingerprint density at radius 3 is 2.69 bits per heavy atom. The second-order valence-corrected chi connectivity index (χ2v) is 3.64. The van der Waals surface area contributed by atoms with Crippen molar-refractivity contribution in [3.8, 4) is 0 Å². The van der Waals surface area contributed by atoms with Crippen LogP contribution in [0.5, 0.6) is 0 Å². The predicted molar refractivity (Wildman–Crippen MR) is 54.4 cm³/mol. The first kappa shape index (κ1) is 8.73. The fourth-order valence-electron chi connectivity index (χ4n) is 1.99. The molecule has 0 amide bonds. The third-order valence-electron chi connectivity index (χ3n) is 2.73. The molecule has 0 radical (unpaired) electrons. The fourth-order valence-corrected chi connectivity index (χ4v) is 1.99. The minimum atomic E-state index is 0.135. The molecule has 2 unspecified atom stereocenters. The molecule has 2 heteroatoms. The van der Waals surface area contributed by atoms with E-state index in [0.717, 1.165) is 6.54 Å². The first-order chi connectivity index (χ1) is 6.38. The smallest absolute Gasteiger partial charge is 0.0616 e. The van der Waals surface area contributed by atoms with Gasteiger partial charge in [0.1, 0.15) is 0 Å². The largest absolute Gasteiger partial charge is 0.315 e. The molecule has 0 saturated carbocycles. The fraction of sp³-hybridized carbons (Fsp3) is 0.455. The van der Waals surface area contributed by atoms with Crippen LogP contribution in [0.2, 0.25) is 0 Å². The number of piperidine rings is 1. The van der Waals surface area contributed by atoms with Crippen LogP contribution in [-0.4, -0.2) is 12.7 Å². The maximum absolute atomic E-state index is 6.00. The Morgan fingerprint density at radius 2 is 2.00 bits per heavy atom. The monoisotopic (exact) mass is 176 g/mol. The average Bonchev–Trinajstić information content (AvgIpc) is 2.20. The van der Waals surface area contributed by atoms with E-state index in [4.69, 9.17) is 5.73 Å². The van der Waals surface area contributed by atoms with Gasteiger partial charge in [-0.3, -0.25) is 0 Å². The normalized spacial score (nSPS) is 28.7. The number of hydrogen-bond donors (Lipinski definition) is 2. The van der Waals surface area contributed by atoms with E-state index in [0.29, 0.717) is 5.92 Å². The Bertz CT molecular complexity index is 258. The van der Waals surface area contributed by atoms with Crippen LogP contribution in [-0.2, 0) is 0 Å². The lowest BCUT2D eigenvalue weighted by Gasteiger charge is -2.29. The quantitative estimate of drug-likeness (QED) is 0.679. The van der Waals surface area contributed by atoms with E-state index in [1.807, 2.05) is 6.07 Å². The zero-order valence-electron chi connectivity index (χ0n) is 7.74. The van der Waals surface area contributed by atoms with Crippen molar-refractivity contribution in [1.82, 2.24) is 5.32 Å². The molecule has 70 valence electrons. The molecular weight excluding hydrogens is 160 g/mol. The zero-order chi connectivity index (χ0) is 9.10. The molecule has 1 saturated heterocycles. The summed E-state index contributed by atoms with van der Waals surface area (Å²) in [6, 6.07) is 10.5. The Morgan fingerprint density at radius 1 is 1.23 bits per heavy atom. The van der Waals surface area contributed by atoms with E-state index >= 15 is 0 Å². The van der Waals surface area contributed by atoms with Crippen molar-refractivity contribution in [3.05, 3.63) is 35.9 Å². The molecule has 1 aromatic rings.